The van der Waals surface area contributed by atoms with Crippen LogP contribution in [0.3, 0.4) is 0 Å². The molecule has 0 spiro atoms. The highest BCUT2D eigenvalue weighted by Crippen LogP contribution is 2.32. The third-order valence-electron chi connectivity index (χ3n) is 7.31. The van der Waals surface area contributed by atoms with Gasteiger partial charge in [0, 0.05) is 41.4 Å². The van der Waals surface area contributed by atoms with Crippen LogP contribution in [0, 0.1) is 11.8 Å². The predicted octanol–water partition coefficient (Wildman–Crippen LogP) is 6.07. The average Bonchev–Trinajstić information content (AvgIpc) is 3.64. The number of amides is 1. The lowest BCUT2D eigenvalue weighted by Gasteiger charge is -2.17. The summed E-state index contributed by atoms with van der Waals surface area (Å²) in [6, 6.07) is 16.9. The van der Waals surface area contributed by atoms with E-state index in [2.05, 4.69) is 50.1 Å². The normalized spacial score (nSPS) is 14.6. The molecule has 13 heteroatoms. The van der Waals surface area contributed by atoms with Gasteiger partial charge in [-0.2, -0.15) is 13.2 Å². The summed E-state index contributed by atoms with van der Waals surface area (Å²) < 4.78 is 31.7. The Morgan fingerprint density at radius 2 is 1.83 bits per heavy atom. The van der Waals surface area contributed by atoms with E-state index in [9.17, 15) is 22.8 Å². The van der Waals surface area contributed by atoms with Crippen molar-refractivity contribution in [1.29, 1.82) is 0 Å². The fourth-order valence-corrected chi connectivity index (χ4v) is 4.93. The van der Waals surface area contributed by atoms with Crippen molar-refractivity contribution in [3.63, 3.8) is 0 Å². The maximum atomic E-state index is 12.8. The Kier molecular flexibility index (Phi) is 11.1. The topological polar surface area (TPSA) is 149 Å². The number of carbonyl (C=O) groups excluding carboxylic acids is 1. The molecule has 1 aliphatic rings. The van der Waals surface area contributed by atoms with Gasteiger partial charge in [0.2, 0.25) is 0 Å². The van der Waals surface area contributed by atoms with E-state index in [1.54, 1.807) is 18.3 Å². The Bertz CT molecular complexity index is 1760. The van der Waals surface area contributed by atoms with Crippen molar-refractivity contribution >= 4 is 34.6 Å². The summed E-state index contributed by atoms with van der Waals surface area (Å²) >= 11 is 0. The highest BCUT2D eigenvalue weighted by Gasteiger charge is 2.38. The number of benzene rings is 1. The van der Waals surface area contributed by atoms with Crippen LogP contribution in [0.15, 0.2) is 60.8 Å². The number of hydrogen-bond acceptors (Lipinski definition) is 6. The Morgan fingerprint density at radius 1 is 1.09 bits per heavy atom. The van der Waals surface area contributed by atoms with Crippen LogP contribution >= 0.6 is 0 Å². The highest BCUT2D eigenvalue weighted by molar-refractivity contribution is 6.04. The molecule has 1 aromatic carbocycles. The van der Waals surface area contributed by atoms with Gasteiger partial charge in [0.15, 0.2) is 0 Å². The molecule has 1 saturated heterocycles. The van der Waals surface area contributed by atoms with Gasteiger partial charge in [0.1, 0.15) is 17.2 Å². The van der Waals surface area contributed by atoms with Crippen LogP contribution in [0.5, 0.6) is 0 Å². The average molecular weight is 636 g/mol. The second-order valence-electron chi connectivity index (χ2n) is 10.7. The van der Waals surface area contributed by atoms with Crippen LogP contribution in [0.25, 0.3) is 10.9 Å². The van der Waals surface area contributed by atoms with Crippen molar-refractivity contribution in [3.05, 3.63) is 89.0 Å². The number of aryl methyl sites for hydroxylation is 1. The van der Waals surface area contributed by atoms with Gasteiger partial charge in [-0.15, -0.1) is 0 Å². The lowest BCUT2D eigenvalue weighted by atomic mass is 10.0. The number of unbranched alkanes of at least 4 members (excludes halogenated alkanes) is 2. The van der Waals surface area contributed by atoms with Gasteiger partial charge in [-0.05, 0) is 87.5 Å². The summed E-state index contributed by atoms with van der Waals surface area (Å²) in [5.41, 5.74) is 4.38. The number of halogens is 3. The van der Waals surface area contributed by atoms with Crippen LogP contribution in [-0.2, 0) is 11.2 Å². The van der Waals surface area contributed by atoms with Gasteiger partial charge >= 0.3 is 18.1 Å². The predicted molar refractivity (Wildman–Crippen MR) is 164 cm³/mol. The van der Waals surface area contributed by atoms with Crippen molar-refractivity contribution in [1.82, 2.24) is 19.9 Å². The van der Waals surface area contributed by atoms with E-state index in [0.29, 0.717) is 29.5 Å². The van der Waals surface area contributed by atoms with Gasteiger partial charge < -0.3 is 20.5 Å². The zero-order valence-electron chi connectivity index (χ0n) is 24.9. The molecule has 1 fully saturated rings. The first-order valence-electron chi connectivity index (χ1n) is 14.5. The molecule has 10 nitrogen and oxygen atoms in total. The molecule has 5 rings (SSSR count). The molecule has 4 heterocycles. The number of fused-ring (bicyclic) bond motifs is 1. The number of carboxylic acids is 2. The number of H-pyrrole nitrogens is 1. The second kappa shape index (κ2) is 15.2. The molecular weight excluding hydrogens is 603 g/mol. The van der Waals surface area contributed by atoms with Crippen LogP contribution in [0.1, 0.15) is 75.9 Å². The van der Waals surface area contributed by atoms with Crippen molar-refractivity contribution in [2.45, 2.75) is 50.7 Å². The molecule has 0 unspecified atom stereocenters. The Morgan fingerprint density at radius 3 is 2.48 bits per heavy atom. The SMILES string of the molecule is CN1CCC[C@@H]1c1cc2cnc(NC(=O)c3ccc(CCCCC#Cc4cccc(C(=O)O)n4)cc3)cc2[nH]1.O=C(O)C(F)(F)F. The number of carboxylic acid groups (broad SMARTS) is 2. The first kappa shape index (κ1) is 33.7. The summed E-state index contributed by atoms with van der Waals surface area (Å²) in [4.78, 5) is 47.0. The van der Waals surface area contributed by atoms with Crippen LogP contribution in [0.4, 0.5) is 19.0 Å². The molecule has 1 atom stereocenters. The standard InChI is InChI=1S/C31H31N5O3.C2HF3O2/c1-36-17-7-12-28(36)27-18-23-20-32-29(19-26(23)34-27)35-30(37)22-15-13-21(14-16-22)8-4-2-3-5-9-24-10-6-11-25(33-24)31(38)39;3-2(4,5)1(6)7/h6,10-11,13-16,18-20,28,34H,2-4,7-8,12,17H2,1H3,(H,38,39)(H,32,35,37);(H,6,7)/t28-;/m1./s1. The molecule has 1 aliphatic heterocycles. The van der Waals surface area contributed by atoms with E-state index in [1.165, 1.54) is 18.2 Å². The molecule has 0 saturated carbocycles. The van der Waals surface area contributed by atoms with Crippen LogP contribution in [0.2, 0.25) is 0 Å². The number of aromatic nitrogens is 3. The Balaban J connectivity index is 0.000000617. The van der Waals surface area contributed by atoms with Gasteiger partial charge in [-0.3, -0.25) is 9.69 Å². The number of nitrogens with zero attached hydrogens (tertiary/aromatic N) is 3. The van der Waals surface area contributed by atoms with Crippen LogP contribution < -0.4 is 5.32 Å². The van der Waals surface area contributed by atoms with E-state index >= 15 is 0 Å². The minimum absolute atomic E-state index is 0.00174. The first-order chi connectivity index (χ1) is 21.9. The number of anilines is 1. The Hall–Kier alpha value is -5.22. The second-order valence-corrected chi connectivity index (χ2v) is 10.7. The van der Waals surface area contributed by atoms with Crippen molar-refractivity contribution < 1.29 is 37.8 Å². The van der Waals surface area contributed by atoms with E-state index in [0.717, 1.165) is 48.7 Å². The number of alkyl halides is 3. The van der Waals surface area contributed by atoms with Crippen molar-refractivity contribution in [2.75, 3.05) is 18.9 Å². The van der Waals surface area contributed by atoms with Gasteiger partial charge in [-0.25, -0.2) is 19.6 Å². The number of aliphatic carboxylic acids is 1. The number of likely N-dealkylation sites (tertiary alicyclic amines) is 1. The maximum Gasteiger partial charge on any atom is 0.490 e. The maximum absolute atomic E-state index is 12.8. The molecule has 1 amide bonds. The molecule has 46 heavy (non-hydrogen) atoms. The molecule has 4 N–H and O–H groups in total. The lowest BCUT2D eigenvalue weighted by molar-refractivity contribution is -0.192. The first-order valence-corrected chi connectivity index (χ1v) is 14.5. The molecule has 4 aromatic rings. The molecular formula is C33H32F3N5O5. The lowest BCUT2D eigenvalue weighted by Crippen LogP contribution is -2.21. The fraction of sp³-hybridized carbons (Fsp3) is 0.303. The summed E-state index contributed by atoms with van der Waals surface area (Å²) in [7, 11) is 2.15. The summed E-state index contributed by atoms with van der Waals surface area (Å²) in [6.07, 6.45) is 2.54. The number of carbonyl (C=O) groups is 3. The third kappa shape index (κ3) is 9.39. The molecule has 3 aromatic heterocycles. The molecule has 0 radical (unpaired) electrons. The Labute approximate surface area is 262 Å². The smallest absolute Gasteiger partial charge is 0.477 e. The number of hydrogen-bond donors (Lipinski definition) is 4. The zero-order valence-corrected chi connectivity index (χ0v) is 24.9. The van der Waals surface area contributed by atoms with Gasteiger partial charge in [0.25, 0.3) is 5.91 Å². The number of rotatable bonds is 8. The van der Waals surface area contributed by atoms with Crippen molar-refractivity contribution in [2.24, 2.45) is 0 Å². The van der Waals surface area contributed by atoms with Gasteiger partial charge in [-0.1, -0.05) is 24.1 Å². The number of pyridine rings is 2. The summed E-state index contributed by atoms with van der Waals surface area (Å²) in [5, 5.41) is 20.1. The van der Waals surface area contributed by atoms with E-state index in [-0.39, 0.29) is 11.6 Å². The van der Waals surface area contributed by atoms with E-state index in [1.807, 2.05) is 30.3 Å². The van der Waals surface area contributed by atoms with E-state index in [4.69, 9.17) is 15.0 Å². The zero-order chi connectivity index (χ0) is 33.3. The highest BCUT2D eigenvalue weighted by atomic mass is 19.4. The monoisotopic (exact) mass is 635 g/mol. The minimum Gasteiger partial charge on any atom is -0.477 e. The quantitative estimate of drug-likeness (QED) is 0.135. The number of nitrogens with one attached hydrogen (secondary N) is 2. The molecule has 0 bridgehead atoms. The molecule has 0 aliphatic carbocycles. The fourth-order valence-electron chi connectivity index (χ4n) is 4.93. The minimum atomic E-state index is -5.08. The van der Waals surface area contributed by atoms with Crippen LogP contribution in [-0.4, -0.2) is 67.7 Å². The van der Waals surface area contributed by atoms with E-state index < -0.39 is 18.1 Å². The molecule has 240 valence electrons. The van der Waals surface area contributed by atoms with Gasteiger partial charge in [0.05, 0.1) is 5.52 Å². The number of aromatic carboxylic acids is 1. The third-order valence-corrected chi connectivity index (χ3v) is 7.31. The largest absolute Gasteiger partial charge is 0.490 e. The summed E-state index contributed by atoms with van der Waals surface area (Å²) in [6.45, 7) is 1.11. The van der Waals surface area contributed by atoms with Crippen molar-refractivity contribution in [3.8, 4) is 11.8 Å². The number of aromatic amines is 1. The summed E-state index contributed by atoms with van der Waals surface area (Å²) in [5.74, 6) is 2.51.